The van der Waals surface area contributed by atoms with Crippen LogP contribution in [0.15, 0.2) is 48.0 Å². The van der Waals surface area contributed by atoms with Gasteiger partial charge in [0.25, 0.3) is 11.8 Å². The number of allylic oxidation sites excluding steroid dienone is 1. The molecule has 1 unspecified atom stereocenters. The van der Waals surface area contributed by atoms with E-state index in [1.54, 1.807) is 19.2 Å². The molecule has 0 aromatic heterocycles. The fourth-order valence-electron chi connectivity index (χ4n) is 3.93. The van der Waals surface area contributed by atoms with Gasteiger partial charge >= 0.3 is 0 Å². The Balaban J connectivity index is 2.67. The van der Waals surface area contributed by atoms with Gasteiger partial charge in [-0.05, 0) is 62.8 Å². The van der Waals surface area contributed by atoms with E-state index in [-0.39, 0.29) is 28.7 Å². The molecule has 0 spiro atoms. The van der Waals surface area contributed by atoms with E-state index in [1.165, 1.54) is 5.01 Å². The van der Waals surface area contributed by atoms with E-state index in [4.69, 9.17) is 4.74 Å². The number of aryl methyl sites for hydroxylation is 2. The van der Waals surface area contributed by atoms with Crippen LogP contribution in [-0.4, -0.2) is 30.0 Å². The van der Waals surface area contributed by atoms with Gasteiger partial charge in [0, 0.05) is 16.7 Å². The SMILES string of the molecule is COc1cccc(C(=O)NN(C(=O)c2cc(C)cc(C)c2)C(C=C(C)C(C)(C)C)C(C)(C)C)c1C. The van der Waals surface area contributed by atoms with Crippen molar-refractivity contribution in [2.45, 2.75) is 75.3 Å². The number of nitrogens with one attached hydrogen (secondary N) is 1. The Hall–Kier alpha value is -3.08. The van der Waals surface area contributed by atoms with Gasteiger partial charge in [-0.2, -0.15) is 0 Å². The number of hydrogen-bond donors (Lipinski definition) is 1. The maximum absolute atomic E-state index is 14.0. The molecule has 35 heavy (non-hydrogen) atoms. The molecule has 0 aliphatic heterocycles. The summed E-state index contributed by atoms with van der Waals surface area (Å²) < 4.78 is 5.41. The lowest BCUT2D eigenvalue weighted by Crippen LogP contribution is -2.55. The van der Waals surface area contributed by atoms with Crippen molar-refractivity contribution in [3.05, 3.63) is 75.9 Å². The maximum Gasteiger partial charge on any atom is 0.272 e. The van der Waals surface area contributed by atoms with Crippen LogP contribution in [0.5, 0.6) is 5.75 Å². The molecule has 2 amide bonds. The van der Waals surface area contributed by atoms with E-state index < -0.39 is 0 Å². The first-order valence-corrected chi connectivity index (χ1v) is 12.1. The minimum atomic E-state index is -0.384. The fourth-order valence-corrected chi connectivity index (χ4v) is 3.93. The molecule has 0 heterocycles. The third-order valence-electron chi connectivity index (χ3n) is 6.41. The van der Waals surface area contributed by atoms with Crippen LogP contribution in [0.4, 0.5) is 0 Å². The Morgan fingerprint density at radius 2 is 1.54 bits per heavy atom. The molecule has 0 radical (unpaired) electrons. The topological polar surface area (TPSA) is 58.6 Å². The predicted octanol–water partition coefficient (Wildman–Crippen LogP) is 6.81. The second kappa shape index (κ2) is 10.7. The maximum atomic E-state index is 14.0. The van der Waals surface area contributed by atoms with Gasteiger partial charge in [-0.3, -0.25) is 15.0 Å². The summed E-state index contributed by atoms with van der Waals surface area (Å²) >= 11 is 0. The van der Waals surface area contributed by atoms with Gasteiger partial charge in [-0.1, -0.05) is 76.5 Å². The first-order valence-electron chi connectivity index (χ1n) is 12.1. The van der Waals surface area contributed by atoms with Crippen LogP contribution >= 0.6 is 0 Å². The van der Waals surface area contributed by atoms with Crippen LogP contribution in [0, 0.1) is 31.6 Å². The number of carbonyl (C=O) groups excluding carboxylic acids is 2. The lowest BCUT2D eigenvalue weighted by Gasteiger charge is -2.39. The van der Waals surface area contributed by atoms with Crippen molar-refractivity contribution in [3.63, 3.8) is 0 Å². The molecule has 1 N–H and O–H groups in total. The van der Waals surface area contributed by atoms with E-state index in [0.29, 0.717) is 16.9 Å². The fraction of sp³-hybridized carbons (Fsp3) is 0.467. The van der Waals surface area contributed by atoms with Gasteiger partial charge in [-0.25, -0.2) is 5.01 Å². The lowest BCUT2D eigenvalue weighted by molar-refractivity contribution is 0.0390. The molecule has 0 saturated heterocycles. The van der Waals surface area contributed by atoms with Crippen LogP contribution in [0.3, 0.4) is 0 Å². The first kappa shape index (κ1) is 28.2. The highest BCUT2D eigenvalue weighted by Crippen LogP contribution is 2.32. The zero-order valence-corrected chi connectivity index (χ0v) is 23.3. The summed E-state index contributed by atoms with van der Waals surface area (Å²) in [5, 5.41) is 1.50. The van der Waals surface area contributed by atoms with Crippen molar-refractivity contribution in [1.82, 2.24) is 10.4 Å². The number of rotatable bonds is 5. The van der Waals surface area contributed by atoms with E-state index in [0.717, 1.165) is 22.3 Å². The van der Waals surface area contributed by atoms with Crippen molar-refractivity contribution in [3.8, 4) is 5.75 Å². The zero-order chi connectivity index (χ0) is 26.7. The Kier molecular flexibility index (Phi) is 8.59. The number of benzene rings is 2. The van der Waals surface area contributed by atoms with Crippen molar-refractivity contribution < 1.29 is 14.3 Å². The van der Waals surface area contributed by atoms with Crippen molar-refractivity contribution in [2.24, 2.45) is 10.8 Å². The molecule has 5 nitrogen and oxygen atoms in total. The standard InChI is InChI=1S/C30H42N2O3/c1-19-15-20(2)17-23(16-19)28(34)32(26(30(8,9)10)18-21(3)29(5,6)7)31-27(33)24-13-12-14-25(35-11)22(24)4/h12-18,26H,1-11H3,(H,31,33). The highest BCUT2D eigenvalue weighted by atomic mass is 16.5. The first-order chi connectivity index (χ1) is 16.1. The third-order valence-corrected chi connectivity index (χ3v) is 6.41. The average molecular weight is 479 g/mol. The molecule has 0 aliphatic rings. The zero-order valence-electron chi connectivity index (χ0n) is 23.3. The Bertz CT molecular complexity index is 1100. The summed E-state index contributed by atoms with van der Waals surface area (Å²) in [6.07, 6.45) is 2.11. The van der Waals surface area contributed by atoms with E-state index in [9.17, 15) is 9.59 Å². The molecule has 2 aromatic rings. The molecule has 2 rings (SSSR count). The molecule has 2 aromatic carbocycles. The number of methoxy groups -OCH3 is 1. The van der Waals surface area contributed by atoms with Gasteiger partial charge in [0.2, 0.25) is 0 Å². The lowest BCUT2D eigenvalue weighted by atomic mass is 9.80. The van der Waals surface area contributed by atoms with Crippen molar-refractivity contribution >= 4 is 11.8 Å². The molecular weight excluding hydrogens is 436 g/mol. The number of carbonyl (C=O) groups is 2. The minimum Gasteiger partial charge on any atom is -0.496 e. The van der Waals surface area contributed by atoms with Gasteiger partial charge in [0.1, 0.15) is 5.75 Å². The summed E-state index contributed by atoms with van der Waals surface area (Å²) in [4.78, 5) is 27.5. The average Bonchev–Trinajstić information content (AvgIpc) is 2.73. The predicted molar refractivity (Wildman–Crippen MR) is 144 cm³/mol. The highest BCUT2D eigenvalue weighted by molar-refractivity contribution is 6.00. The van der Waals surface area contributed by atoms with E-state index in [2.05, 4.69) is 60.0 Å². The Labute approximate surface area is 211 Å². The van der Waals surface area contributed by atoms with E-state index in [1.807, 2.05) is 45.0 Å². The van der Waals surface area contributed by atoms with Gasteiger partial charge in [0.15, 0.2) is 0 Å². The molecule has 190 valence electrons. The van der Waals surface area contributed by atoms with Crippen LogP contribution < -0.4 is 10.2 Å². The normalized spacial score (nSPS) is 13.3. The van der Waals surface area contributed by atoms with Crippen molar-refractivity contribution in [2.75, 3.05) is 7.11 Å². The molecule has 0 fully saturated rings. The van der Waals surface area contributed by atoms with Crippen molar-refractivity contribution in [1.29, 1.82) is 0 Å². The van der Waals surface area contributed by atoms with Crippen LogP contribution in [0.1, 0.15) is 85.9 Å². The summed E-state index contributed by atoms with van der Waals surface area (Å²) in [5.41, 5.74) is 7.41. The quantitative estimate of drug-likeness (QED) is 0.379. The number of nitrogens with zero attached hydrogens (tertiary/aromatic N) is 1. The number of amides is 2. The second-order valence-electron chi connectivity index (χ2n) is 11.5. The third kappa shape index (κ3) is 6.97. The Morgan fingerprint density at radius 1 is 0.971 bits per heavy atom. The second-order valence-corrected chi connectivity index (χ2v) is 11.5. The molecular formula is C30H42N2O3. The minimum absolute atomic E-state index is 0.0778. The summed E-state index contributed by atoms with van der Waals surface area (Å²) in [7, 11) is 1.58. The van der Waals surface area contributed by atoms with Crippen LogP contribution in [0.2, 0.25) is 0 Å². The molecule has 1 atom stereocenters. The molecule has 5 heteroatoms. The number of ether oxygens (including phenoxy) is 1. The summed E-state index contributed by atoms with van der Waals surface area (Å²) in [6.45, 7) is 20.5. The smallest absolute Gasteiger partial charge is 0.272 e. The van der Waals surface area contributed by atoms with E-state index >= 15 is 0 Å². The number of hydrazine groups is 1. The Morgan fingerprint density at radius 3 is 2.03 bits per heavy atom. The van der Waals surface area contributed by atoms with Gasteiger partial charge in [0.05, 0.1) is 13.2 Å². The summed E-state index contributed by atoms with van der Waals surface area (Å²) in [6, 6.07) is 10.7. The summed E-state index contributed by atoms with van der Waals surface area (Å²) in [5.74, 6) is 0.0273. The molecule has 0 bridgehead atoms. The monoisotopic (exact) mass is 478 g/mol. The van der Waals surface area contributed by atoms with Gasteiger partial charge < -0.3 is 4.74 Å². The largest absolute Gasteiger partial charge is 0.496 e. The highest BCUT2D eigenvalue weighted by Gasteiger charge is 2.35. The van der Waals surface area contributed by atoms with Crippen LogP contribution in [-0.2, 0) is 0 Å². The number of hydrogen-bond acceptors (Lipinski definition) is 3. The molecule has 0 saturated carbocycles. The molecule has 0 aliphatic carbocycles. The van der Waals surface area contributed by atoms with Gasteiger partial charge in [-0.15, -0.1) is 0 Å². The van der Waals surface area contributed by atoms with Crippen LogP contribution in [0.25, 0.3) is 0 Å².